The van der Waals surface area contributed by atoms with Gasteiger partial charge in [0.05, 0.1) is 0 Å². The zero-order chi connectivity index (χ0) is 8.04. The molecule has 0 aromatic carbocycles. The van der Waals surface area contributed by atoms with Gasteiger partial charge < -0.3 is 0 Å². The lowest BCUT2D eigenvalue weighted by Gasteiger charge is -2.23. The molecule has 0 saturated heterocycles. The molecule has 1 unspecified atom stereocenters. The molecule has 0 amide bonds. The van der Waals surface area contributed by atoms with E-state index in [-0.39, 0.29) is 0 Å². The van der Waals surface area contributed by atoms with E-state index in [9.17, 15) is 0 Å². The van der Waals surface area contributed by atoms with Gasteiger partial charge in [0, 0.05) is 0 Å². The molecule has 0 aromatic heterocycles. The Balaban J connectivity index is 3.94. The smallest absolute Gasteiger partial charge is 0.0149 e. The predicted octanol–water partition coefficient (Wildman–Crippen LogP) is 3.78. The molecule has 60 valence electrons. The van der Waals surface area contributed by atoms with E-state index in [1.807, 2.05) is 0 Å². The fourth-order valence-corrected chi connectivity index (χ4v) is 1.35. The van der Waals surface area contributed by atoms with Gasteiger partial charge in [0.25, 0.3) is 0 Å². The van der Waals surface area contributed by atoms with Crippen LogP contribution in [0.5, 0.6) is 0 Å². The average molecular weight is 140 g/mol. The molecule has 0 heteroatoms. The van der Waals surface area contributed by atoms with Gasteiger partial charge in [0.15, 0.2) is 0 Å². The van der Waals surface area contributed by atoms with Crippen LogP contribution in [0, 0.1) is 5.41 Å². The van der Waals surface area contributed by atoms with Crippen molar-refractivity contribution < 1.29 is 0 Å². The normalized spacial score (nSPS) is 17.6. The predicted molar refractivity (Wildman–Crippen MR) is 48.1 cm³/mol. The van der Waals surface area contributed by atoms with Crippen LogP contribution in [-0.4, -0.2) is 0 Å². The zero-order valence-electron chi connectivity index (χ0n) is 7.78. The van der Waals surface area contributed by atoms with E-state index in [0.717, 1.165) is 0 Å². The molecular formula is C10H20. The van der Waals surface area contributed by atoms with Crippen molar-refractivity contribution in [2.24, 2.45) is 5.41 Å². The van der Waals surface area contributed by atoms with Crippen molar-refractivity contribution in [1.29, 1.82) is 0 Å². The third-order valence-corrected chi connectivity index (χ3v) is 2.20. The lowest BCUT2D eigenvalue weighted by Crippen LogP contribution is -2.10. The molecule has 10 heavy (non-hydrogen) atoms. The van der Waals surface area contributed by atoms with Crippen molar-refractivity contribution in [2.75, 3.05) is 0 Å². The van der Waals surface area contributed by atoms with Gasteiger partial charge in [-0.3, -0.25) is 0 Å². The van der Waals surface area contributed by atoms with Crippen LogP contribution in [0.2, 0.25) is 0 Å². The molecule has 0 aromatic rings. The van der Waals surface area contributed by atoms with Gasteiger partial charge >= 0.3 is 0 Å². The second-order valence-electron chi connectivity index (χ2n) is 3.26. The lowest BCUT2D eigenvalue weighted by molar-refractivity contribution is 0.372. The van der Waals surface area contributed by atoms with Gasteiger partial charge in [-0.2, -0.15) is 0 Å². The van der Waals surface area contributed by atoms with Crippen molar-refractivity contribution in [3.8, 4) is 0 Å². The van der Waals surface area contributed by atoms with Crippen molar-refractivity contribution in [1.82, 2.24) is 0 Å². The summed E-state index contributed by atoms with van der Waals surface area (Å²) in [5.41, 5.74) is 0.462. The van der Waals surface area contributed by atoms with E-state index in [4.69, 9.17) is 0 Å². The molecule has 0 N–H and O–H groups in total. The molecule has 0 rings (SSSR count). The number of rotatable bonds is 4. The van der Waals surface area contributed by atoms with Gasteiger partial charge in [-0.1, -0.05) is 39.3 Å². The number of hydrogen-bond acceptors (Lipinski definition) is 0. The standard InChI is InChI=1S/C10H20/c1-5-8-10(4,7-3)9-6-2/h5,8H,6-7,9H2,1-4H3. The fourth-order valence-electron chi connectivity index (χ4n) is 1.35. The van der Waals surface area contributed by atoms with Gasteiger partial charge in [0.1, 0.15) is 0 Å². The minimum absolute atomic E-state index is 0.462. The lowest BCUT2D eigenvalue weighted by atomic mass is 9.83. The SMILES string of the molecule is CC=CC(C)(CC)CCC. The maximum atomic E-state index is 2.33. The maximum Gasteiger partial charge on any atom is -0.0149 e. The molecule has 0 fully saturated rings. The van der Waals surface area contributed by atoms with Crippen molar-refractivity contribution >= 4 is 0 Å². The third kappa shape index (κ3) is 3.05. The molecule has 0 radical (unpaired) electrons. The van der Waals surface area contributed by atoms with Gasteiger partial charge in [-0.25, -0.2) is 0 Å². The zero-order valence-corrected chi connectivity index (χ0v) is 7.78. The van der Waals surface area contributed by atoms with Crippen LogP contribution in [0.3, 0.4) is 0 Å². The molecule has 0 aliphatic rings. The first-order valence-corrected chi connectivity index (χ1v) is 4.32. The Morgan fingerprint density at radius 2 is 1.90 bits per heavy atom. The Hall–Kier alpha value is -0.260. The monoisotopic (exact) mass is 140 g/mol. The minimum atomic E-state index is 0.462. The van der Waals surface area contributed by atoms with Crippen LogP contribution in [-0.2, 0) is 0 Å². The average Bonchev–Trinajstić information content (AvgIpc) is 1.89. The summed E-state index contributed by atoms with van der Waals surface area (Å²) in [7, 11) is 0. The molecule has 0 nitrogen and oxygen atoms in total. The van der Waals surface area contributed by atoms with Gasteiger partial charge in [0.2, 0.25) is 0 Å². The Morgan fingerprint density at radius 3 is 2.20 bits per heavy atom. The summed E-state index contributed by atoms with van der Waals surface area (Å²) >= 11 is 0. The van der Waals surface area contributed by atoms with E-state index in [1.54, 1.807) is 0 Å². The summed E-state index contributed by atoms with van der Waals surface area (Å²) in [6.45, 7) is 8.94. The quantitative estimate of drug-likeness (QED) is 0.521. The molecule has 0 aliphatic carbocycles. The first kappa shape index (κ1) is 9.74. The van der Waals surface area contributed by atoms with Crippen LogP contribution in [0.4, 0.5) is 0 Å². The molecule has 0 aliphatic heterocycles. The topological polar surface area (TPSA) is 0 Å². The largest absolute Gasteiger partial charge is 0.0911 e. The van der Waals surface area contributed by atoms with E-state index < -0.39 is 0 Å². The van der Waals surface area contributed by atoms with Crippen LogP contribution in [0.15, 0.2) is 12.2 Å². The van der Waals surface area contributed by atoms with E-state index >= 15 is 0 Å². The third-order valence-electron chi connectivity index (χ3n) is 2.20. The Morgan fingerprint density at radius 1 is 1.30 bits per heavy atom. The molecular weight excluding hydrogens is 120 g/mol. The highest BCUT2D eigenvalue weighted by molar-refractivity contribution is 4.94. The van der Waals surface area contributed by atoms with Crippen molar-refractivity contribution in [3.05, 3.63) is 12.2 Å². The van der Waals surface area contributed by atoms with Gasteiger partial charge in [-0.05, 0) is 25.2 Å². The summed E-state index contributed by atoms with van der Waals surface area (Å²) in [6, 6.07) is 0. The van der Waals surface area contributed by atoms with Crippen molar-refractivity contribution in [3.63, 3.8) is 0 Å². The highest BCUT2D eigenvalue weighted by atomic mass is 14.2. The van der Waals surface area contributed by atoms with Crippen LogP contribution in [0.1, 0.15) is 47.0 Å². The van der Waals surface area contributed by atoms with Crippen LogP contribution < -0.4 is 0 Å². The van der Waals surface area contributed by atoms with Crippen LogP contribution in [0.25, 0.3) is 0 Å². The second-order valence-corrected chi connectivity index (χ2v) is 3.26. The van der Waals surface area contributed by atoms with Crippen molar-refractivity contribution in [2.45, 2.75) is 47.0 Å². The summed E-state index contributed by atoms with van der Waals surface area (Å²) in [6.07, 6.45) is 8.35. The summed E-state index contributed by atoms with van der Waals surface area (Å²) in [5, 5.41) is 0. The second kappa shape index (κ2) is 4.54. The van der Waals surface area contributed by atoms with E-state index in [1.165, 1.54) is 19.3 Å². The Labute approximate surface area is 65.3 Å². The first-order chi connectivity index (χ1) is 4.68. The fraction of sp³-hybridized carbons (Fsp3) is 0.800. The molecule has 0 saturated carbocycles. The van der Waals surface area contributed by atoms with E-state index in [0.29, 0.717) is 5.41 Å². The highest BCUT2D eigenvalue weighted by Crippen LogP contribution is 2.28. The molecule has 1 atom stereocenters. The van der Waals surface area contributed by atoms with E-state index in [2.05, 4.69) is 39.8 Å². The summed E-state index contributed by atoms with van der Waals surface area (Å²) in [4.78, 5) is 0. The minimum Gasteiger partial charge on any atom is -0.0911 e. The number of hydrogen-bond donors (Lipinski definition) is 0. The number of allylic oxidation sites excluding steroid dienone is 2. The Kier molecular flexibility index (Phi) is 4.42. The molecule has 0 spiro atoms. The summed E-state index contributed by atoms with van der Waals surface area (Å²) < 4.78 is 0. The highest BCUT2D eigenvalue weighted by Gasteiger charge is 2.15. The Bertz CT molecular complexity index is 103. The maximum absolute atomic E-state index is 2.33. The first-order valence-electron chi connectivity index (χ1n) is 4.32. The molecule has 0 bridgehead atoms. The molecule has 0 heterocycles. The van der Waals surface area contributed by atoms with Gasteiger partial charge in [-0.15, -0.1) is 0 Å². The summed E-state index contributed by atoms with van der Waals surface area (Å²) in [5.74, 6) is 0. The van der Waals surface area contributed by atoms with Crippen LogP contribution >= 0.6 is 0 Å².